The highest BCUT2D eigenvalue weighted by molar-refractivity contribution is 5.02. The molecule has 0 aromatic carbocycles. The molecule has 1 fully saturated rings. The Kier molecular flexibility index (Phi) is 3.61. The van der Waals surface area contributed by atoms with E-state index in [9.17, 15) is 8.78 Å². The molecule has 7 heteroatoms. The number of alkyl halides is 2. The summed E-state index contributed by atoms with van der Waals surface area (Å²) in [5, 5.41) is 13.5. The zero-order chi connectivity index (χ0) is 13.3. The van der Waals surface area contributed by atoms with Crippen molar-refractivity contribution in [3.63, 3.8) is 0 Å². The van der Waals surface area contributed by atoms with Crippen molar-refractivity contribution in [1.29, 1.82) is 0 Å². The van der Waals surface area contributed by atoms with Crippen LogP contribution in [0.2, 0.25) is 0 Å². The Labute approximate surface area is 105 Å². The minimum absolute atomic E-state index is 0.113. The maximum Gasteiger partial charge on any atom is 0.262 e. The van der Waals surface area contributed by atoms with Crippen LogP contribution in [-0.4, -0.2) is 44.0 Å². The highest BCUT2D eigenvalue weighted by atomic mass is 19.3. The first kappa shape index (κ1) is 13.3. The van der Waals surface area contributed by atoms with E-state index < -0.39 is 12.0 Å². The van der Waals surface area contributed by atoms with Crippen LogP contribution >= 0.6 is 0 Å². The molecule has 18 heavy (non-hydrogen) atoms. The fourth-order valence-corrected chi connectivity index (χ4v) is 2.83. The molecular formula is C11H19F2N5. The van der Waals surface area contributed by atoms with Crippen LogP contribution in [-0.2, 0) is 0 Å². The van der Waals surface area contributed by atoms with Crippen molar-refractivity contribution in [2.75, 3.05) is 6.54 Å². The summed E-state index contributed by atoms with van der Waals surface area (Å²) >= 11 is 0. The van der Waals surface area contributed by atoms with Gasteiger partial charge in [0.2, 0.25) is 0 Å². The summed E-state index contributed by atoms with van der Waals surface area (Å²) in [5.41, 5.74) is 0. The molecule has 1 aromatic rings. The van der Waals surface area contributed by atoms with Gasteiger partial charge in [0.05, 0.1) is 12.6 Å². The van der Waals surface area contributed by atoms with Gasteiger partial charge >= 0.3 is 0 Å². The number of hydrogen-bond acceptors (Lipinski definition) is 4. The molecule has 2 atom stereocenters. The van der Waals surface area contributed by atoms with Gasteiger partial charge in [-0.1, -0.05) is 26.0 Å². The second-order valence-electron chi connectivity index (χ2n) is 5.24. The number of nitrogens with one attached hydrogen (secondary N) is 1. The molecule has 2 rings (SSSR count). The Bertz CT molecular complexity index is 379. The lowest BCUT2D eigenvalue weighted by Gasteiger charge is -2.33. The summed E-state index contributed by atoms with van der Waals surface area (Å²) in [6, 6.07) is -0.326. The minimum Gasteiger partial charge on any atom is -0.284 e. The summed E-state index contributed by atoms with van der Waals surface area (Å²) in [7, 11) is 0. The predicted octanol–water partition coefficient (Wildman–Crippen LogP) is 2.02. The third kappa shape index (κ3) is 2.50. The number of tetrazole rings is 1. The number of likely N-dealkylation sites (tertiary alicyclic amines) is 1. The van der Waals surface area contributed by atoms with Crippen molar-refractivity contribution in [2.24, 2.45) is 5.92 Å². The zero-order valence-corrected chi connectivity index (χ0v) is 10.9. The van der Waals surface area contributed by atoms with Crippen LogP contribution in [0.4, 0.5) is 8.78 Å². The second-order valence-corrected chi connectivity index (χ2v) is 5.24. The molecule has 2 unspecified atom stereocenters. The molecule has 1 N–H and O–H groups in total. The lowest BCUT2D eigenvalue weighted by atomic mass is 9.99. The van der Waals surface area contributed by atoms with Gasteiger partial charge < -0.3 is 0 Å². The number of halogens is 2. The van der Waals surface area contributed by atoms with Gasteiger partial charge in [-0.05, 0) is 12.3 Å². The summed E-state index contributed by atoms with van der Waals surface area (Å²) < 4.78 is 27.3. The quantitative estimate of drug-likeness (QED) is 0.898. The molecule has 1 aliphatic rings. The Balaban J connectivity index is 2.25. The van der Waals surface area contributed by atoms with Gasteiger partial charge in [0, 0.05) is 12.5 Å². The monoisotopic (exact) mass is 259 g/mol. The van der Waals surface area contributed by atoms with Crippen molar-refractivity contribution in [1.82, 2.24) is 25.5 Å². The van der Waals surface area contributed by atoms with Crippen LogP contribution in [0.25, 0.3) is 0 Å². The summed E-state index contributed by atoms with van der Waals surface area (Å²) in [5.74, 6) is -1.99. The first-order chi connectivity index (χ1) is 8.44. The van der Waals surface area contributed by atoms with E-state index in [1.54, 1.807) is 0 Å². The maximum absolute atomic E-state index is 13.7. The normalized spacial score (nSPS) is 25.8. The number of rotatable bonds is 4. The molecule has 1 aromatic heterocycles. The Morgan fingerprint density at radius 3 is 2.72 bits per heavy atom. The lowest BCUT2D eigenvalue weighted by Crippen LogP contribution is -2.40. The van der Waals surface area contributed by atoms with Gasteiger partial charge in [-0.25, -0.2) is 8.78 Å². The predicted molar refractivity (Wildman–Crippen MR) is 62.1 cm³/mol. The van der Waals surface area contributed by atoms with Gasteiger partial charge in [0.1, 0.15) is 0 Å². The molecule has 0 aliphatic carbocycles. The summed E-state index contributed by atoms with van der Waals surface area (Å²) in [6.45, 7) is 5.91. The van der Waals surface area contributed by atoms with Crippen molar-refractivity contribution >= 4 is 0 Å². The number of nitrogens with zero attached hydrogens (tertiary/aromatic N) is 4. The summed E-state index contributed by atoms with van der Waals surface area (Å²) in [6.07, 6.45) is 0.609. The van der Waals surface area contributed by atoms with Crippen LogP contribution in [0.3, 0.4) is 0 Å². The molecule has 0 amide bonds. The summed E-state index contributed by atoms with van der Waals surface area (Å²) in [4.78, 5) is 1.83. The van der Waals surface area contributed by atoms with Crippen LogP contribution in [0, 0.1) is 5.92 Å². The number of H-pyrrole nitrogens is 1. The van der Waals surface area contributed by atoms with Crippen molar-refractivity contribution in [2.45, 2.75) is 51.6 Å². The first-order valence-corrected chi connectivity index (χ1v) is 6.31. The van der Waals surface area contributed by atoms with E-state index in [4.69, 9.17) is 0 Å². The Hall–Kier alpha value is -1.11. The van der Waals surface area contributed by atoms with Gasteiger partial charge in [0.15, 0.2) is 5.82 Å². The van der Waals surface area contributed by atoms with Gasteiger partial charge in [-0.3, -0.25) is 4.90 Å². The zero-order valence-electron chi connectivity index (χ0n) is 10.9. The topological polar surface area (TPSA) is 57.7 Å². The van der Waals surface area contributed by atoms with Crippen LogP contribution < -0.4 is 0 Å². The largest absolute Gasteiger partial charge is 0.284 e. The molecule has 0 radical (unpaired) electrons. The molecule has 0 spiro atoms. The lowest BCUT2D eigenvalue weighted by molar-refractivity contribution is 0.00459. The first-order valence-electron chi connectivity index (χ1n) is 6.31. The van der Waals surface area contributed by atoms with Crippen molar-refractivity contribution < 1.29 is 8.78 Å². The molecule has 5 nitrogen and oxygen atoms in total. The Morgan fingerprint density at radius 1 is 1.50 bits per heavy atom. The molecule has 0 saturated carbocycles. The number of hydrogen-bond donors (Lipinski definition) is 1. The van der Waals surface area contributed by atoms with Gasteiger partial charge in [0.25, 0.3) is 5.92 Å². The smallest absolute Gasteiger partial charge is 0.262 e. The van der Waals surface area contributed by atoms with Gasteiger partial charge in [-0.15, -0.1) is 10.2 Å². The van der Waals surface area contributed by atoms with Crippen LogP contribution in [0.5, 0.6) is 0 Å². The fourth-order valence-electron chi connectivity index (χ4n) is 2.83. The van der Waals surface area contributed by atoms with Gasteiger partial charge in [-0.2, -0.15) is 5.21 Å². The van der Waals surface area contributed by atoms with E-state index in [1.165, 1.54) is 0 Å². The van der Waals surface area contributed by atoms with E-state index in [-0.39, 0.29) is 19.0 Å². The highest BCUT2D eigenvalue weighted by Crippen LogP contribution is 2.42. The third-order valence-electron chi connectivity index (χ3n) is 3.58. The average Bonchev–Trinajstić information content (AvgIpc) is 2.86. The van der Waals surface area contributed by atoms with E-state index >= 15 is 0 Å². The number of aromatic amines is 1. The average molecular weight is 259 g/mol. The highest BCUT2D eigenvalue weighted by Gasteiger charge is 2.49. The van der Waals surface area contributed by atoms with Crippen LogP contribution in [0.15, 0.2) is 0 Å². The van der Waals surface area contributed by atoms with Crippen LogP contribution in [0.1, 0.15) is 45.5 Å². The van der Waals surface area contributed by atoms with E-state index in [2.05, 4.69) is 34.5 Å². The maximum atomic E-state index is 13.7. The molecule has 0 bridgehead atoms. The Morgan fingerprint density at radius 2 is 2.22 bits per heavy atom. The standard InChI is InChI=1S/C11H19F2N5/c1-4-8(7(2)3)18-6-11(12,13)5-9(18)10-14-16-17-15-10/h7-9H,4-6H2,1-3H3,(H,14,15,16,17). The van der Waals surface area contributed by atoms with E-state index in [0.29, 0.717) is 11.7 Å². The van der Waals surface area contributed by atoms with E-state index in [1.807, 2.05) is 11.8 Å². The molecule has 1 aliphatic heterocycles. The molecule has 2 heterocycles. The van der Waals surface area contributed by atoms with E-state index in [0.717, 1.165) is 6.42 Å². The minimum atomic E-state index is -2.67. The molecular weight excluding hydrogens is 240 g/mol. The third-order valence-corrected chi connectivity index (χ3v) is 3.58. The van der Waals surface area contributed by atoms with Crippen molar-refractivity contribution in [3.8, 4) is 0 Å². The second kappa shape index (κ2) is 4.87. The SMILES string of the molecule is CCC(C(C)C)N1CC(F)(F)CC1c1nn[nH]n1. The van der Waals surface area contributed by atoms with Crippen molar-refractivity contribution in [3.05, 3.63) is 5.82 Å². The number of aromatic nitrogens is 4. The molecule has 1 saturated heterocycles. The molecule has 102 valence electrons. The fraction of sp³-hybridized carbons (Fsp3) is 0.909.